The number of allylic oxidation sites excluding steroid dienone is 2. The van der Waals surface area contributed by atoms with Gasteiger partial charge in [0.15, 0.2) is 0 Å². The van der Waals surface area contributed by atoms with Crippen molar-refractivity contribution in [1.29, 1.82) is 0 Å². The van der Waals surface area contributed by atoms with E-state index in [1.807, 2.05) is 18.2 Å². The second-order valence-corrected chi connectivity index (χ2v) is 9.61. The largest absolute Gasteiger partial charge is 0.481 e. The summed E-state index contributed by atoms with van der Waals surface area (Å²) in [6.45, 7) is 2.70. The number of carbonyl (C=O) groups is 1. The summed E-state index contributed by atoms with van der Waals surface area (Å²) in [5.74, 6) is -1.04. The van der Waals surface area contributed by atoms with Crippen molar-refractivity contribution in [2.75, 3.05) is 19.8 Å². The molecule has 0 bridgehead atoms. The molecule has 0 heterocycles. The van der Waals surface area contributed by atoms with E-state index in [4.69, 9.17) is 26.2 Å². The molecule has 0 amide bonds. The van der Waals surface area contributed by atoms with Gasteiger partial charge in [0.1, 0.15) is 0 Å². The number of nitrogens with two attached hydrogens (primary N) is 1. The van der Waals surface area contributed by atoms with Crippen LogP contribution in [0.3, 0.4) is 0 Å². The molecular formula is C25H47NO8. The number of unbranched alkanes of at least 4 members (excludes halogenated alkanes) is 3. The van der Waals surface area contributed by atoms with Crippen molar-refractivity contribution in [2.24, 2.45) is 17.6 Å². The molecule has 34 heavy (non-hydrogen) atoms. The molecule has 0 saturated heterocycles. The highest BCUT2D eigenvalue weighted by Gasteiger charge is 2.39. The van der Waals surface area contributed by atoms with Crippen LogP contribution in [0, 0.1) is 11.8 Å². The summed E-state index contributed by atoms with van der Waals surface area (Å²) in [6.07, 6.45) is 12.7. The summed E-state index contributed by atoms with van der Waals surface area (Å²) in [5, 5.41) is 64.6. The Morgan fingerprint density at radius 1 is 1.03 bits per heavy atom. The molecule has 9 N–H and O–H groups in total. The van der Waals surface area contributed by atoms with Crippen molar-refractivity contribution >= 4 is 5.97 Å². The first-order valence-electron chi connectivity index (χ1n) is 12.2. The number of carboxylic acids is 1. The molecule has 0 aromatic heterocycles. The van der Waals surface area contributed by atoms with E-state index in [-0.39, 0.29) is 18.3 Å². The van der Waals surface area contributed by atoms with Gasteiger partial charge in [-0.05, 0) is 38.5 Å². The summed E-state index contributed by atoms with van der Waals surface area (Å²) < 4.78 is 0. The molecule has 0 spiro atoms. The maximum absolute atomic E-state index is 10.5. The molecule has 0 aliphatic heterocycles. The van der Waals surface area contributed by atoms with Gasteiger partial charge >= 0.3 is 5.97 Å². The second-order valence-electron chi connectivity index (χ2n) is 9.61. The number of rotatable bonds is 15. The number of hydrogen-bond acceptors (Lipinski definition) is 8. The van der Waals surface area contributed by atoms with E-state index in [0.717, 1.165) is 19.3 Å². The van der Waals surface area contributed by atoms with Gasteiger partial charge in [0.2, 0.25) is 0 Å². The Bertz CT molecular complexity index is 595. The van der Waals surface area contributed by atoms with Crippen LogP contribution in [-0.2, 0) is 4.79 Å². The third-order valence-electron chi connectivity index (χ3n) is 6.16. The van der Waals surface area contributed by atoms with Gasteiger partial charge in [-0.2, -0.15) is 0 Å². The summed E-state index contributed by atoms with van der Waals surface area (Å²) >= 11 is 0. The molecule has 1 fully saturated rings. The van der Waals surface area contributed by atoms with E-state index in [0.29, 0.717) is 32.1 Å². The SMILES string of the molecule is CCCCC[C@](C)(O)/C=C\C1[C@@H](O)C[C@@H](O)[C@H]1C/C=C/CCCC(=O)O.NC(CO)(CO)CO. The van der Waals surface area contributed by atoms with Gasteiger partial charge in [-0.3, -0.25) is 4.79 Å². The van der Waals surface area contributed by atoms with Crippen LogP contribution in [0.25, 0.3) is 0 Å². The van der Waals surface area contributed by atoms with Gasteiger partial charge in [0, 0.05) is 18.8 Å². The van der Waals surface area contributed by atoms with Gasteiger partial charge in [-0.1, -0.05) is 50.5 Å². The first-order chi connectivity index (χ1) is 15.9. The fourth-order valence-electron chi connectivity index (χ4n) is 3.73. The van der Waals surface area contributed by atoms with Crippen molar-refractivity contribution in [3.05, 3.63) is 24.3 Å². The second kappa shape index (κ2) is 17.2. The third kappa shape index (κ3) is 13.5. The zero-order chi connectivity index (χ0) is 26.2. The van der Waals surface area contributed by atoms with E-state index < -0.39 is 49.1 Å². The van der Waals surface area contributed by atoms with Crippen LogP contribution in [0.2, 0.25) is 0 Å². The van der Waals surface area contributed by atoms with E-state index in [1.165, 1.54) is 0 Å². The number of aliphatic carboxylic acids is 1. The van der Waals surface area contributed by atoms with Gasteiger partial charge in [-0.25, -0.2) is 0 Å². The molecule has 1 aliphatic rings. The highest BCUT2D eigenvalue weighted by atomic mass is 16.4. The number of aliphatic hydroxyl groups excluding tert-OH is 5. The quantitative estimate of drug-likeness (QED) is 0.123. The lowest BCUT2D eigenvalue weighted by atomic mass is 9.88. The number of hydrogen-bond donors (Lipinski definition) is 8. The van der Waals surface area contributed by atoms with Crippen LogP contribution in [0.5, 0.6) is 0 Å². The average Bonchev–Trinajstić information content (AvgIpc) is 3.06. The lowest BCUT2D eigenvalue weighted by Crippen LogP contribution is -2.50. The number of aliphatic hydroxyl groups is 6. The molecule has 0 radical (unpaired) electrons. The van der Waals surface area contributed by atoms with Gasteiger partial charge < -0.3 is 41.5 Å². The average molecular weight is 490 g/mol. The van der Waals surface area contributed by atoms with Crippen LogP contribution in [-0.4, -0.2) is 84.9 Å². The molecule has 5 atom stereocenters. The Morgan fingerprint density at radius 2 is 1.65 bits per heavy atom. The van der Waals surface area contributed by atoms with Crippen LogP contribution in [0.1, 0.15) is 71.6 Å². The standard InChI is InChI=1S/C21H36O5.C4H11NO3/c1-3-4-9-13-21(2,26)14-12-17-16(18(22)15-19(17)23)10-7-5-6-8-11-20(24)25;5-4(1-6,2-7)3-8/h5,7,12,14,16-19,22-23,26H,3-4,6,8-11,13,15H2,1-2H3,(H,24,25);6-8H,1-3,5H2/b7-5+,14-12-;/t16-,17?,18+,19-,21-;/m0./s1. The summed E-state index contributed by atoms with van der Waals surface area (Å²) in [5.41, 5.74) is 3.05. The van der Waals surface area contributed by atoms with Crippen molar-refractivity contribution in [3.8, 4) is 0 Å². The summed E-state index contributed by atoms with van der Waals surface area (Å²) in [4.78, 5) is 10.5. The summed E-state index contributed by atoms with van der Waals surface area (Å²) in [7, 11) is 0. The van der Waals surface area contributed by atoms with E-state index in [2.05, 4.69) is 6.92 Å². The fraction of sp³-hybridized carbons (Fsp3) is 0.800. The molecule has 200 valence electrons. The van der Waals surface area contributed by atoms with Crippen molar-refractivity contribution in [1.82, 2.24) is 0 Å². The monoisotopic (exact) mass is 489 g/mol. The Balaban J connectivity index is 0.00000116. The van der Waals surface area contributed by atoms with E-state index >= 15 is 0 Å². The molecule has 0 aromatic carbocycles. The highest BCUT2D eigenvalue weighted by molar-refractivity contribution is 5.66. The molecule has 0 aromatic rings. The molecule has 9 nitrogen and oxygen atoms in total. The van der Waals surface area contributed by atoms with Crippen LogP contribution in [0.4, 0.5) is 0 Å². The summed E-state index contributed by atoms with van der Waals surface area (Å²) in [6, 6.07) is 0. The van der Waals surface area contributed by atoms with Gasteiger partial charge in [0.05, 0.1) is 43.2 Å². The minimum absolute atomic E-state index is 0.0802. The predicted octanol–water partition coefficient (Wildman–Crippen LogP) is 1.09. The normalized spacial score (nSPS) is 24.9. The van der Waals surface area contributed by atoms with Crippen LogP contribution in [0.15, 0.2) is 24.3 Å². The topological polar surface area (TPSA) is 185 Å². The molecular weight excluding hydrogens is 442 g/mol. The zero-order valence-electron chi connectivity index (χ0n) is 20.7. The molecule has 1 unspecified atom stereocenters. The maximum Gasteiger partial charge on any atom is 0.303 e. The smallest absolute Gasteiger partial charge is 0.303 e. The first-order valence-corrected chi connectivity index (χ1v) is 12.2. The molecule has 1 rings (SSSR count). The van der Waals surface area contributed by atoms with Gasteiger partial charge in [-0.15, -0.1) is 0 Å². The zero-order valence-corrected chi connectivity index (χ0v) is 20.7. The minimum atomic E-state index is -1.21. The Morgan fingerprint density at radius 3 is 2.15 bits per heavy atom. The van der Waals surface area contributed by atoms with E-state index in [1.54, 1.807) is 13.0 Å². The molecule has 1 aliphatic carbocycles. The Hall–Kier alpha value is -1.33. The lowest BCUT2D eigenvalue weighted by Gasteiger charge is -2.23. The van der Waals surface area contributed by atoms with Crippen molar-refractivity contribution in [3.63, 3.8) is 0 Å². The maximum atomic E-state index is 10.5. The Labute approximate surface area is 203 Å². The highest BCUT2D eigenvalue weighted by Crippen LogP contribution is 2.37. The molecule has 1 saturated carbocycles. The van der Waals surface area contributed by atoms with Gasteiger partial charge in [0.25, 0.3) is 0 Å². The Kier molecular flexibility index (Phi) is 16.5. The predicted molar refractivity (Wildman–Crippen MR) is 131 cm³/mol. The van der Waals surface area contributed by atoms with Crippen LogP contribution >= 0.6 is 0 Å². The fourth-order valence-corrected chi connectivity index (χ4v) is 3.73. The van der Waals surface area contributed by atoms with E-state index in [9.17, 15) is 20.1 Å². The van der Waals surface area contributed by atoms with Crippen LogP contribution < -0.4 is 5.73 Å². The first kappa shape index (κ1) is 32.7. The minimum Gasteiger partial charge on any atom is -0.481 e. The molecule has 9 heteroatoms. The van der Waals surface area contributed by atoms with Crippen molar-refractivity contribution in [2.45, 2.75) is 95.0 Å². The lowest BCUT2D eigenvalue weighted by molar-refractivity contribution is -0.137. The third-order valence-corrected chi connectivity index (χ3v) is 6.16. The van der Waals surface area contributed by atoms with Crippen molar-refractivity contribution < 1.29 is 40.5 Å². The number of carboxylic acid groups (broad SMARTS) is 1.